The SMILES string of the molecule is CCCCSc1nnc(-c2cc(-c3ccccc3)nc3ccccc23)o1. The maximum atomic E-state index is 5.93. The molecular weight excluding hydrogens is 342 g/mol. The molecule has 0 radical (unpaired) electrons. The molecule has 4 nitrogen and oxygen atoms in total. The van der Waals surface area contributed by atoms with E-state index < -0.39 is 0 Å². The smallest absolute Gasteiger partial charge is 0.276 e. The Hall–Kier alpha value is -2.66. The van der Waals surface area contributed by atoms with E-state index in [-0.39, 0.29) is 0 Å². The Morgan fingerprint density at radius 1 is 0.962 bits per heavy atom. The maximum absolute atomic E-state index is 5.93. The van der Waals surface area contributed by atoms with Crippen LogP contribution in [0.5, 0.6) is 0 Å². The third kappa shape index (κ3) is 3.48. The molecule has 0 saturated heterocycles. The molecule has 0 unspecified atom stereocenters. The van der Waals surface area contributed by atoms with Gasteiger partial charge in [-0.2, -0.15) is 0 Å². The van der Waals surface area contributed by atoms with Crippen LogP contribution in [0.1, 0.15) is 19.8 Å². The third-order valence-electron chi connectivity index (χ3n) is 4.15. The Kier molecular flexibility index (Phi) is 4.97. The summed E-state index contributed by atoms with van der Waals surface area (Å²) in [7, 11) is 0. The van der Waals surface area contributed by atoms with Crippen molar-refractivity contribution in [3.63, 3.8) is 0 Å². The lowest BCUT2D eigenvalue weighted by molar-refractivity contribution is 0.466. The second-order valence-corrected chi connectivity index (χ2v) is 7.06. The average Bonchev–Trinajstić information content (AvgIpc) is 3.17. The van der Waals surface area contributed by atoms with E-state index in [0.29, 0.717) is 11.1 Å². The molecule has 0 amide bonds. The number of pyridine rings is 1. The zero-order valence-electron chi connectivity index (χ0n) is 14.6. The summed E-state index contributed by atoms with van der Waals surface area (Å²) in [6.07, 6.45) is 2.29. The zero-order chi connectivity index (χ0) is 17.8. The lowest BCUT2D eigenvalue weighted by Gasteiger charge is -2.07. The fourth-order valence-electron chi connectivity index (χ4n) is 2.79. The molecule has 0 N–H and O–H groups in total. The van der Waals surface area contributed by atoms with Crippen molar-refractivity contribution >= 4 is 22.7 Å². The summed E-state index contributed by atoms with van der Waals surface area (Å²) >= 11 is 1.61. The number of benzene rings is 2. The van der Waals surface area contributed by atoms with Crippen LogP contribution in [0, 0.1) is 0 Å². The molecule has 2 aromatic heterocycles. The molecule has 0 atom stereocenters. The van der Waals surface area contributed by atoms with E-state index >= 15 is 0 Å². The number of aromatic nitrogens is 3. The van der Waals surface area contributed by atoms with Gasteiger partial charge in [0.05, 0.1) is 16.8 Å². The number of fused-ring (bicyclic) bond motifs is 1. The van der Waals surface area contributed by atoms with Crippen LogP contribution in [0.4, 0.5) is 0 Å². The van der Waals surface area contributed by atoms with Crippen LogP contribution in [-0.4, -0.2) is 20.9 Å². The van der Waals surface area contributed by atoms with Gasteiger partial charge in [0, 0.05) is 16.7 Å². The Bertz CT molecular complexity index is 1010. The lowest BCUT2D eigenvalue weighted by Crippen LogP contribution is -1.89. The number of hydrogen-bond donors (Lipinski definition) is 0. The Morgan fingerprint density at radius 3 is 2.62 bits per heavy atom. The molecule has 5 heteroatoms. The average molecular weight is 361 g/mol. The van der Waals surface area contributed by atoms with Crippen LogP contribution >= 0.6 is 11.8 Å². The molecule has 0 aliphatic carbocycles. The van der Waals surface area contributed by atoms with Crippen molar-refractivity contribution in [2.24, 2.45) is 0 Å². The Morgan fingerprint density at radius 2 is 1.77 bits per heavy atom. The van der Waals surface area contributed by atoms with Gasteiger partial charge < -0.3 is 4.42 Å². The number of rotatable bonds is 6. The molecule has 130 valence electrons. The summed E-state index contributed by atoms with van der Waals surface area (Å²) in [6.45, 7) is 2.17. The lowest BCUT2D eigenvalue weighted by atomic mass is 10.0. The first-order chi connectivity index (χ1) is 12.8. The van der Waals surface area contributed by atoms with Gasteiger partial charge in [-0.25, -0.2) is 4.98 Å². The summed E-state index contributed by atoms with van der Waals surface area (Å²) in [5.41, 5.74) is 3.81. The highest BCUT2D eigenvalue weighted by atomic mass is 32.2. The van der Waals surface area contributed by atoms with Gasteiger partial charge in [0.1, 0.15) is 0 Å². The first-order valence-corrected chi connectivity index (χ1v) is 9.75. The van der Waals surface area contributed by atoms with Crippen molar-refractivity contribution in [3.05, 3.63) is 60.7 Å². The molecule has 0 aliphatic heterocycles. The fourth-order valence-corrected chi connectivity index (χ4v) is 3.63. The van der Waals surface area contributed by atoms with Crippen molar-refractivity contribution in [2.75, 3.05) is 5.75 Å². The van der Waals surface area contributed by atoms with E-state index in [1.54, 1.807) is 11.8 Å². The van der Waals surface area contributed by atoms with Gasteiger partial charge in [-0.1, -0.05) is 73.6 Å². The van der Waals surface area contributed by atoms with Gasteiger partial charge in [0.2, 0.25) is 5.89 Å². The van der Waals surface area contributed by atoms with Crippen LogP contribution in [0.2, 0.25) is 0 Å². The molecule has 2 heterocycles. The van der Waals surface area contributed by atoms with Crippen LogP contribution in [-0.2, 0) is 0 Å². The standard InChI is InChI=1S/C21H19N3OS/c1-2-3-13-26-21-24-23-20(25-21)17-14-19(15-9-5-4-6-10-15)22-18-12-8-7-11-16(17)18/h4-12,14H,2-3,13H2,1H3. The summed E-state index contributed by atoms with van der Waals surface area (Å²) in [4.78, 5) is 4.80. The molecule has 0 fully saturated rings. The summed E-state index contributed by atoms with van der Waals surface area (Å²) in [5, 5.41) is 10.1. The van der Waals surface area contributed by atoms with Crippen LogP contribution < -0.4 is 0 Å². The molecule has 4 aromatic rings. The van der Waals surface area contributed by atoms with Crippen molar-refractivity contribution in [1.29, 1.82) is 0 Å². The quantitative estimate of drug-likeness (QED) is 0.319. The predicted molar refractivity (Wildman–Crippen MR) is 106 cm³/mol. The number of unbranched alkanes of at least 4 members (excludes halogenated alkanes) is 1. The molecule has 4 rings (SSSR count). The summed E-state index contributed by atoms with van der Waals surface area (Å²) < 4.78 is 5.93. The summed E-state index contributed by atoms with van der Waals surface area (Å²) in [6, 6.07) is 20.2. The molecule has 0 saturated carbocycles. The Balaban J connectivity index is 1.78. The minimum absolute atomic E-state index is 0.541. The minimum atomic E-state index is 0.541. The highest BCUT2D eigenvalue weighted by Gasteiger charge is 2.15. The first-order valence-electron chi connectivity index (χ1n) is 8.77. The molecular formula is C21H19N3OS. The topological polar surface area (TPSA) is 51.8 Å². The van der Waals surface area contributed by atoms with Crippen molar-refractivity contribution in [1.82, 2.24) is 15.2 Å². The van der Waals surface area contributed by atoms with Crippen molar-refractivity contribution in [3.8, 4) is 22.7 Å². The van der Waals surface area contributed by atoms with Crippen LogP contribution in [0.25, 0.3) is 33.6 Å². The molecule has 0 bridgehead atoms. The molecule has 2 aromatic carbocycles. The third-order valence-corrected chi connectivity index (χ3v) is 5.05. The van der Waals surface area contributed by atoms with Gasteiger partial charge in [0.15, 0.2) is 0 Å². The molecule has 0 aliphatic rings. The largest absolute Gasteiger partial charge is 0.411 e. The van der Waals surface area contributed by atoms with E-state index in [4.69, 9.17) is 9.40 Å². The minimum Gasteiger partial charge on any atom is -0.411 e. The number of para-hydroxylation sites is 1. The van der Waals surface area contributed by atoms with Crippen LogP contribution in [0.15, 0.2) is 70.3 Å². The fraction of sp³-hybridized carbons (Fsp3) is 0.190. The molecule has 0 spiro atoms. The van der Waals surface area contributed by atoms with E-state index in [0.717, 1.165) is 46.3 Å². The van der Waals surface area contributed by atoms with E-state index in [2.05, 4.69) is 29.3 Å². The normalized spacial score (nSPS) is 11.1. The second kappa shape index (κ2) is 7.70. The zero-order valence-corrected chi connectivity index (χ0v) is 15.4. The maximum Gasteiger partial charge on any atom is 0.276 e. The predicted octanol–water partition coefficient (Wildman–Crippen LogP) is 5.84. The van der Waals surface area contributed by atoms with Gasteiger partial charge in [-0.15, -0.1) is 10.2 Å². The second-order valence-electron chi connectivity index (χ2n) is 6.01. The van der Waals surface area contributed by atoms with Gasteiger partial charge in [0.25, 0.3) is 5.22 Å². The number of thioether (sulfide) groups is 1. The first kappa shape index (κ1) is 16.8. The molecule has 26 heavy (non-hydrogen) atoms. The van der Waals surface area contributed by atoms with Gasteiger partial charge in [-0.3, -0.25) is 0 Å². The van der Waals surface area contributed by atoms with E-state index in [9.17, 15) is 0 Å². The van der Waals surface area contributed by atoms with Gasteiger partial charge in [-0.05, 0) is 18.6 Å². The van der Waals surface area contributed by atoms with Crippen LogP contribution in [0.3, 0.4) is 0 Å². The van der Waals surface area contributed by atoms with Gasteiger partial charge >= 0.3 is 0 Å². The number of hydrogen-bond acceptors (Lipinski definition) is 5. The monoisotopic (exact) mass is 361 g/mol. The van der Waals surface area contributed by atoms with Crippen molar-refractivity contribution < 1.29 is 4.42 Å². The highest BCUT2D eigenvalue weighted by molar-refractivity contribution is 7.99. The summed E-state index contributed by atoms with van der Waals surface area (Å²) in [5.74, 6) is 1.53. The highest BCUT2D eigenvalue weighted by Crippen LogP contribution is 2.32. The number of nitrogens with zero attached hydrogens (tertiary/aromatic N) is 3. The van der Waals surface area contributed by atoms with E-state index in [1.165, 1.54) is 0 Å². The Labute approximate surface area is 156 Å². The van der Waals surface area contributed by atoms with E-state index in [1.807, 2.05) is 48.5 Å². The van der Waals surface area contributed by atoms with Crippen molar-refractivity contribution in [2.45, 2.75) is 25.0 Å².